The average molecular weight is 427 g/mol. The van der Waals surface area contributed by atoms with E-state index in [1.165, 1.54) is 53.2 Å². The minimum absolute atomic E-state index is 1.05. The quantitative estimate of drug-likeness (QED) is 0.272. The van der Waals surface area contributed by atoms with Crippen molar-refractivity contribution in [3.05, 3.63) is 109 Å². The zero-order valence-corrected chi connectivity index (χ0v) is 18.0. The molecule has 0 fully saturated rings. The number of hydrogen-bond donors (Lipinski definition) is 0. The van der Waals surface area contributed by atoms with Crippen molar-refractivity contribution in [2.24, 2.45) is 0 Å². The fourth-order valence-corrected chi connectivity index (χ4v) is 5.91. The van der Waals surface area contributed by atoms with E-state index in [1.54, 1.807) is 11.3 Å². The fourth-order valence-electron chi connectivity index (χ4n) is 4.87. The Morgan fingerprint density at radius 3 is 2.16 bits per heavy atom. The van der Waals surface area contributed by atoms with Gasteiger partial charge in [0, 0.05) is 22.4 Å². The summed E-state index contributed by atoms with van der Waals surface area (Å²) in [5.41, 5.74) is 3.52. The molecular weight excluding hydrogens is 408 g/mol. The van der Waals surface area contributed by atoms with Crippen molar-refractivity contribution in [2.45, 2.75) is 0 Å². The average Bonchev–Trinajstić information content (AvgIpc) is 3.46. The van der Waals surface area contributed by atoms with Crippen LogP contribution in [0.5, 0.6) is 0 Å². The molecule has 3 aromatic heterocycles. The van der Waals surface area contributed by atoms with Gasteiger partial charge in [0.05, 0.1) is 21.6 Å². The van der Waals surface area contributed by atoms with Crippen molar-refractivity contribution in [3.63, 3.8) is 0 Å². The van der Waals surface area contributed by atoms with Crippen molar-refractivity contribution < 1.29 is 0 Å². The molecule has 0 aliphatic carbocycles. The smallest absolute Gasteiger partial charge is 0.101 e. The molecule has 0 unspecified atom stereocenters. The Kier molecular flexibility index (Phi) is 3.75. The molecular formula is C29H18N2S. The number of rotatable bonds is 2. The molecule has 7 rings (SSSR count). The molecule has 3 heterocycles. The third-order valence-electron chi connectivity index (χ3n) is 6.28. The summed E-state index contributed by atoms with van der Waals surface area (Å²) in [5, 5.41) is 8.79. The van der Waals surface area contributed by atoms with Gasteiger partial charge in [-0.15, -0.1) is 11.3 Å². The van der Waals surface area contributed by atoms with Crippen LogP contribution in [0.3, 0.4) is 0 Å². The molecule has 2 nitrogen and oxygen atoms in total. The van der Waals surface area contributed by atoms with Crippen LogP contribution in [0.15, 0.2) is 109 Å². The molecule has 0 atom stereocenters. The van der Waals surface area contributed by atoms with Gasteiger partial charge < -0.3 is 4.57 Å². The number of hydrogen-bond acceptors (Lipinski definition) is 2. The third kappa shape index (κ3) is 2.49. The normalized spacial score (nSPS) is 11.8. The minimum atomic E-state index is 1.05. The Bertz CT molecular complexity index is 1780. The van der Waals surface area contributed by atoms with Gasteiger partial charge in [-0.05, 0) is 46.5 Å². The van der Waals surface area contributed by atoms with Crippen LogP contribution < -0.4 is 0 Å². The van der Waals surface area contributed by atoms with Crippen LogP contribution in [0, 0.1) is 0 Å². The van der Waals surface area contributed by atoms with Crippen molar-refractivity contribution in [1.82, 2.24) is 9.55 Å². The molecule has 0 aliphatic rings. The maximum atomic E-state index is 4.74. The van der Waals surface area contributed by atoms with Crippen molar-refractivity contribution in [2.75, 3.05) is 0 Å². The van der Waals surface area contributed by atoms with E-state index in [2.05, 4.69) is 108 Å². The van der Waals surface area contributed by atoms with Crippen LogP contribution in [0.25, 0.3) is 58.9 Å². The van der Waals surface area contributed by atoms with E-state index in [1.807, 2.05) is 6.20 Å². The standard InChI is InChI=1S/C29H18N2S/c1-3-9-21-19(7-1)13-14-25-28(21)23-11-5-6-12-24(23)31(25)27-16-15-26(32-27)29-22-10-4-2-8-20(22)17-18-30-29/h1-18H. The number of thiophene rings is 1. The molecule has 0 radical (unpaired) electrons. The van der Waals surface area contributed by atoms with Gasteiger partial charge in [-0.1, -0.05) is 72.8 Å². The van der Waals surface area contributed by atoms with Gasteiger partial charge in [0.2, 0.25) is 0 Å². The molecule has 32 heavy (non-hydrogen) atoms. The summed E-state index contributed by atoms with van der Waals surface area (Å²) in [6.45, 7) is 0. The second-order valence-electron chi connectivity index (χ2n) is 8.05. The summed E-state index contributed by atoms with van der Waals surface area (Å²) in [5.74, 6) is 0. The lowest BCUT2D eigenvalue weighted by Crippen LogP contribution is -1.89. The van der Waals surface area contributed by atoms with Gasteiger partial charge in [-0.3, -0.25) is 4.98 Å². The van der Waals surface area contributed by atoms with Crippen LogP contribution in [0.4, 0.5) is 0 Å². The van der Waals surface area contributed by atoms with Gasteiger partial charge in [-0.2, -0.15) is 0 Å². The maximum Gasteiger partial charge on any atom is 0.101 e. The van der Waals surface area contributed by atoms with Crippen molar-refractivity contribution in [1.29, 1.82) is 0 Å². The summed E-state index contributed by atoms with van der Waals surface area (Å²) in [6.07, 6.45) is 1.91. The summed E-state index contributed by atoms with van der Waals surface area (Å²) < 4.78 is 2.40. The molecule has 0 bridgehead atoms. The highest BCUT2D eigenvalue weighted by atomic mass is 32.1. The van der Waals surface area contributed by atoms with Crippen LogP contribution in [-0.4, -0.2) is 9.55 Å². The summed E-state index contributed by atoms with van der Waals surface area (Å²) >= 11 is 1.79. The second-order valence-corrected chi connectivity index (χ2v) is 9.11. The third-order valence-corrected chi connectivity index (χ3v) is 7.36. The molecule has 0 aliphatic heterocycles. The number of benzene rings is 4. The molecule has 0 saturated carbocycles. The van der Waals surface area contributed by atoms with Crippen LogP contribution in [0.1, 0.15) is 0 Å². The molecule has 3 heteroatoms. The first-order valence-electron chi connectivity index (χ1n) is 10.7. The lowest BCUT2D eigenvalue weighted by Gasteiger charge is -2.06. The molecule has 0 amide bonds. The predicted octanol–water partition coefficient (Wildman–Crippen LogP) is 8.21. The zero-order chi connectivity index (χ0) is 21.1. The summed E-state index contributed by atoms with van der Waals surface area (Å²) in [4.78, 5) is 5.92. The van der Waals surface area contributed by atoms with Gasteiger partial charge in [0.25, 0.3) is 0 Å². The van der Waals surface area contributed by atoms with Crippen molar-refractivity contribution >= 4 is 54.7 Å². The number of nitrogens with zero attached hydrogens (tertiary/aromatic N) is 2. The Morgan fingerprint density at radius 1 is 0.562 bits per heavy atom. The molecule has 0 N–H and O–H groups in total. The van der Waals surface area contributed by atoms with Gasteiger partial charge in [0.15, 0.2) is 0 Å². The van der Waals surface area contributed by atoms with Crippen LogP contribution in [0.2, 0.25) is 0 Å². The monoisotopic (exact) mass is 426 g/mol. The number of aromatic nitrogens is 2. The van der Waals surface area contributed by atoms with E-state index >= 15 is 0 Å². The second kappa shape index (κ2) is 6.78. The Labute approximate surface area is 189 Å². The lowest BCUT2D eigenvalue weighted by molar-refractivity contribution is 1.22. The summed E-state index contributed by atoms with van der Waals surface area (Å²) in [6, 6.07) is 36.8. The van der Waals surface area contributed by atoms with E-state index in [0.29, 0.717) is 0 Å². The van der Waals surface area contributed by atoms with Crippen LogP contribution in [-0.2, 0) is 0 Å². The topological polar surface area (TPSA) is 17.8 Å². The zero-order valence-electron chi connectivity index (χ0n) is 17.2. The fraction of sp³-hybridized carbons (Fsp3) is 0. The first-order chi connectivity index (χ1) is 15.9. The Balaban J connectivity index is 1.52. The first-order valence-corrected chi connectivity index (χ1v) is 11.6. The maximum absolute atomic E-state index is 4.74. The predicted molar refractivity (Wildman–Crippen MR) is 137 cm³/mol. The summed E-state index contributed by atoms with van der Waals surface area (Å²) in [7, 11) is 0. The lowest BCUT2D eigenvalue weighted by atomic mass is 10.0. The van der Waals surface area contributed by atoms with Gasteiger partial charge in [0.1, 0.15) is 5.00 Å². The largest absolute Gasteiger partial charge is 0.301 e. The highest BCUT2D eigenvalue weighted by molar-refractivity contribution is 7.18. The van der Waals surface area contributed by atoms with Crippen molar-refractivity contribution in [3.8, 4) is 15.6 Å². The van der Waals surface area contributed by atoms with Gasteiger partial charge >= 0.3 is 0 Å². The highest BCUT2D eigenvalue weighted by Gasteiger charge is 2.16. The molecule has 0 saturated heterocycles. The van der Waals surface area contributed by atoms with E-state index in [0.717, 1.165) is 5.69 Å². The molecule has 7 aromatic rings. The molecule has 4 aromatic carbocycles. The molecule has 150 valence electrons. The van der Waals surface area contributed by atoms with Gasteiger partial charge in [-0.25, -0.2) is 0 Å². The number of para-hydroxylation sites is 1. The van der Waals surface area contributed by atoms with E-state index in [4.69, 9.17) is 4.98 Å². The minimum Gasteiger partial charge on any atom is -0.301 e. The number of pyridine rings is 1. The Hall–Kier alpha value is -3.95. The van der Waals surface area contributed by atoms with E-state index in [9.17, 15) is 0 Å². The van der Waals surface area contributed by atoms with E-state index < -0.39 is 0 Å². The highest BCUT2D eigenvalue weighted by Crippen LogP contribution is 2.40. The SMILES string of the molecule is c1ccc2c(-c3ccc(-n4c5ccccc5c5c6ccccc6ccc54)s3)nccc2c1. The Morgan fingerprint density at radius 2 is 1.28 bits per heavy atom. The number of fused-ring (bicyclic) bond motifs is 6. The van der Waals surface area contributed by atoms with E-state index in [-0.39, 0.29) is 0 Å². The van der Waals surface area contributed by atoms with Crippen LogP contribution >= 0.6 is 11.3 Å². The first kappa shape index (κ1) is 17.7. The molecule has 0 spiro atoms.